The summed E-state index contributed by atoms with van der Waals surface area (Å²) in [5.74, 6) is -0.558. The van der Waals surface area contributed by atoms with Crippen molar-refractivity contribution in [3.05, 3.63) is 0 Å². The molecule has 0 heterocycles. The minimum absolute atomic E-state index is 0.0281. The molecule has 2 N–H and O–H groups in total. The number of esters is 1. The minimum Gasteiger partial charge on any atom is -0.469 e. The molecule has 6 heteroatoms. The van der Waals surface area contributed by atoms with Gasteiger partial charge in [-0.1, -0.05) is 13.8 Å². The van der Waals surface area contributed by atoms with Crippen LogP contribution < -0.4 is 10.6 Å². The molecule has 0 aromatic heterocycles. The first-order chi connectivity index (χ1) is 9.85. The molecule has 1 fully saturated rings. The lowest BCUT2D eigenvalue weighted by Crippen LogP contribution is -2.52. The van der Waals surface area contributed by atoms with E-state index >= 15 is 0 Å². The van der Waals surface area contributed by atoms with Gasteiger partial charge in [0.1, 0.15) is 6.04 Å². The summed E-state index contributed by atoms with van der Waals surface area (Å²) in [5.41, 5.74) is 0. The molecule has 120 valence electrons. The second-order valence-corrected chi connectivity index (χ2v) is 6.00. The van der Waals surface area contributed by atoms with E-state index in [0.29, 0.717) is 0 Å². The van der Waals surface area contributed by atoms with E-state index in [-0.39, 0.29) is 35.7 Å². The van der Waals surface area contributed by atoms with Gasteiger partial charge < -0.3 is 15.4 Å². The quantitative estimate of drug-likeness (QED) is 0.741. The molecule has 1 aliphatic carbocycles. The van der Waals surface area contributed by atoms with Crippen LogP contribution in [0.4, 0.5) is 0 Å². The van der Waals surface area contributed by atoms with Gasteiger partial charge in [-0.15, -0.1) is 0 Å². The molecular weight excluding hydrogens is 272 g/mol. The zero-order chi connectivity index (χ0) is 16.0. The van der Waals surface area contributed by atoms with Crippen molar-refractivity contribution >= 4 is 17.8 Å². The molecule has 21 heavy (non-hydrogen) atoms. The number of rotatable bonds is 5. The molecule has 0 spiro atoms. The largest absolute Gasteiger partial charge is 0.469 e. The highest BCUT2D eigenvalue weighted by Gasteiger charge is 2.30. The van der Waals surface area contributed by atoms with Crippen molar-refractivity contribution in [2.24, 2.45) is 11.8 Å². The van der Waals surface area contributed by atoms with E-state index in [1.807, 2.05) is 13.8 Å². The van der Waals surface area contributed by atoms with Gasteiger partial charge in [0, 0.05) is 13.0 Å². The Morgan fingerprint density at radius 3 is 2.10 bits per heavy atom. The van der Waals surface area contributed by atoms with Crippen LogP contribution in [-0.4, -0.2) is 37.0 Å². The summed E-state index contributed by atoms with van der Waals surface area (Å²) in [7, 11) is 1.40. The fourth-order valence-electron chi connectivity index (χ4n) is 2.69. The van der Waals surface area contributed by atoms with Crippen LogP contribution in [0, 0.1) is 11.8 Å². The first kappa shape index (κ1) is 17.5. The van der Waals surface area contributed by atoms with Crippen molar-refractivity contribution in [2.45, 2.75) is 58.5 Å². The maximum Gasteiger partial charge on any atom is 0.308 e. The Hall–Kier alpha value is -1.59. The number of methoxy groups -OCH3 is 1. The lowest BCUT2D eigenvalue weighted by Gasteiger charge is -2.30. The summed E-state index contributed by atoms with van der Waals surface area (Å²) in [6.45, 7) is 5.20. The van der Waals surface area contributed by atoms with Crippen LogP contribution in [0.3, 0.4) is 0 Å². The molecule has 0 aromatic carbocycles. The van der Waals surface area contributed by atoms with Gasteiger partial charge in [-0.3, -0.25) is 14.4 Å². The summed E-state index contributed by atoms with van der Waals surface area (Å²) in [5, 5.41) is 5.66. The molecule has 0 aromatic rings. The average molecular weight is 298 g/mol. The third-order valence-electron chi connectivity index (χ3n) is 3.92. The van der Waals surface area contributed by atoms with Crippen LogP contribution in [0.2, 0.25) is 0 Å². The van der Waals surface area contributed by atoms with Gasteiger partial charge in [-0.25, -0.2) is 0 Å². The molecular formula is C15H26N2O4. The number of carbonyl (C=O) groups excluding carboxylic acids is 3. The summed E-state index contributed by atoms with van der Waals surface area (Å²) in [6.07, 6.45) is 2.97. The summed E-state index contributed by atoms with van der Waals surface area (Å²) in [6, 6.07) is -0.450. The fraction of sp³-hybridized carbons (Fsp3) is 0.800. The number of hydrogen-bond donors (Lipinski definition) is 2. The van der Waals surface area contributed by atoms with Crippen molar-refractivity contribution in [3.8, 4) is 0 Å². The molecule has 0 bridgehead atoms. The van der Waals surface area contributed by atoms with Gasteiger partial charge in [0.15, 0.2) is 0 Å². The van der Waals surface area contributed by atoms with Gasteiger partial charge in [-0.2, -0.15) is 0 Å². The molecule has 1 saturated carbocycles. The fourth-order valence-corrected chi connectivity index (χ4v) is 2.69. The lowest BCUT2D eigenvalue weighted by atomic mass is 9.86. The number of carbonyl (C=O) groups is 3. The van der Waals surface area contributed by atoms with Crippen molar-refractivity contribution in [1.29, 1.82) is 0 Å². The Morgan fingerprint density at radius 1 is 1.10 bits per heavy atom. The molecule has 1 rings (SSSR count). The Labute approximate surface area is 126 Å². The normalized spacial score (nSPS) is 23.3. The number of nitrogens with one attached hydrogen (secondary N) is 2. The van der Waals surface area contributed by atoms with E-state index in [4.69, 9.17) is 4.74 Å². The lowest BCUT2D eigenvalue weighted by molar-refractivity contribution is -0.146. The highest BCUT2D eigenvalue weighted by atomic mass is 16.5. The van der Waals surface area contributed by atoms with E-state index in [1.165, 1.54) is 14.0 Å². The van der Waals surface area contributed by atoms with Crippen LogP contribution >= 0.6 is 0 Å². The van der Waals surface area contributed by atoms with Crippen molar-refractivity contribution in [3.63, 3.8) is 0 Å². The van der Waals surface area contributed by atoms with Crippen LogP contribution in [0.5, 0.6) is 0 Å². The molecule has 1 aliphatic rings. The van der Waals surface area contributed by atoms with Gasteiger partial charge >= 0.3 is 5.97 Å². The van der Waals surface area contributed by atoms with E-state index < -0.39 is 6.04 Å². The smallest absolute Gasteiger partial charge is 0.308 e. The minimum atomic E-state index is -0.513. The maximum absolute atomic E-state index is 12.2. The molecule has 1 unspecified atom stereocenters. The first-order valence-electron chi connectivity index (χ1n) is 7.50. The van der Waals surface area contributed by atoms with Crippen molar-refractivity contribution in [1.82, 2.24) is 10.6 Å². The SMILES string of the molecule is COC(=O)C1CCC(NC(=O)C(NC(C)=O)C(C)C)CC1. The number of amides is 2. The number of ether oxygens (including phenoxy) is 1. The van der Waals surface area contributed by atoms with E-state index in [9.17, 15) is 14.4 Å². The van der Waals surface area contributed by atoms with Crippen LogP contribution in [0.25, 0.3) is 0 Å². The zero-order valence-corrected chi connectivity index (χ0v) is 13.3. The molecule has 0 aliphatic heterocycles. The average Bonchev–Trinajstić information content (AvgIpc) is 2.44. The number of hydrogen-bond acceptors (Lipinski definition) is 4. The van der Waals surface area contributed by atoms with Crippen LogP contribution in [0.15, 0.2) is 0 Å². The highest BCUT2D eigenvalue weighted by molar-refractivity contribution is 5.87. The summed E-state index contributed by atoms with van der Waals surface area (Å²) >= 11 is 0. The van der Waals surface area contributed by atoms with E-state index in [2.05, 4.69) is 10.6 Å². The van der Waals surface area contributed by atoms with Crippen LogP contribution in [-0.2, 0) is 19.1 Å². The Morgan fingerprint density at radius 2 is 1.67 bits per heavy atom. The second-order valence-electron chi connectivity index (χ2n) is 6.00. The van der Waals surface area contributed by atoms with E-state index in [0.717, 1.165) is 25.7 Å². The third-order valence-corrected chi connectivity index (χ3v) is 3.92. The summed E-state index contributed by atoms with van der Waals surface area (Å²) < 4.78 is 4.75. The Bertz CT molecular complexity index is 387. The van der Waals surface area contributed by atoms with Crippen molar-refractivity contribution in [2.75, 3.05) is 7.11 Å². The van der Waals surface area contributed by atoms with Gasteiger partial charge in [0.25, 0.3) is 0 Å². The maximum atomic E-state index is 12.2. The van der Waals surface area contributed by atoms with Gasteiger partial charge in [-0.05, 0) is 31.6 Å². The Balaban J connectivity index is 2.48. The first-order valence-corrected chi connectivity index (χ1v) is 7.50. The topological polar surface area (TPSA) is 84.5 Å². The van der Waals surface area contributed by atoms with Crippen molar-refractivity contribution < 1.29 is 19.1 Å². The Kier molecular flexibility index (Phi) is 6.65. The molecule has 0 saturated heterocycles. The molecule has 2 amide bonds. The van der Waals surface area contributed by atoms with E-state index in [1.54, 1.807) is 0 Å². The molecule has 1 atom stereocenters. The third kappa shape index (κ3) is 5.36. The standard InChI is InChI=1S/C15H26N2O4/c1-9(2)13(16-10(3)18)14(19)17-12-7-5-11(6-8-12)15(20)21-4/h9,11-13H,5-8H2,1-4H3,(H,16,18)(H,17,19). The molecule has 6 nitrogen and oxygen atoms in total. The monoisotopic (exact) mass is 298 g/mol. The molecule has 0 radical (unpaired) electrons. The predicted molar refractivity (Wildman–Crippen MR) is 78.3 cm³/mol. The predicted octanol–water partition coefficient (Wildman–Crippen LogP) is 0.995. The van der Waals surface area contributed by atoms with Gasteiger partial charge in [0.05, 0.1) is 13.0 Å². The highest BCUT2D eigenvalue weighted by Crippen LogP contribution is 2.25. The zero-order valence-electron chi connectivity index (χ0n) is 13.3. The van der Waals surface area contributed by atoms with Crippen LogP contribution in [0.1, 0.15) is 46.5 Å². The summed E-state index contributed by atoms with van der Waals surface area (Å²) in [4.78, 5) is 34.9. The second kappa shape index (κ2) is 8.00. The van der Waals surface area contributed by atoms with Gasteiger partial charge in [0.2, 0.25) is 11.8 Å².